The van der Waals surface area contributed by atoms with Crippen molar-refractivity contribution in [3.63, 3.8) is 0 Å². The summed E-state index contributed by atoms with van der Waals surface area (Å²) in [6.45, 7) is 3.41. The van der Waals surface area contributed by atoms with E-state index in [-0.39, 0.29) is 5.78 Å². The molecule has 98 valence electrons. The fourth-order valence-corrected chi connectivity index (χ4v) is 3.16. The van der Waals surface area contributed by atoms with Gasteiger partial charge < -0.3 is 0 Å². The number of carbonyl (C=O) groups excluding carboxylic acids is 1. The lowest BCUT2D eigenvalue weighted by molar-refractivity contribution is 0.103. The van der Waals surface area contributed by atoms with Crippen LogP contribution in [-0.4, -0.2) is 23.8 Å². The van der Waals surface area contributed by atoms with Gasteiger partial charge in [0.2, 0.25) is 0 Å². The summed E-state index contributed by atoms with van der Waals surface area (Å²) in [4.78, 5) is 14.6. The van der Waals surface area contributed by atoms with Gasteiger partial charge in [0.15, 0.2) is 5.78 Å². The number of thiophene rings is 1. The van der Waals surface area contributed by atoms with Crippen molar-refractivity contribution in [3.05, 3.63) is 57.8 Å². The summed E-state index contributed by atoms with van der Waals surface area (Å²) >= 11 is 1.56. The van der Waals surface area contributed by atoms with Crippen molar-refractivity contribution in [1.29, 1.82) is 0 Å². The Morgan fingerprint density at radius 2 is 1.79 bits per heavy atom. The van der Waals surface area contributed by atoms with Gasteiger partial charge in [0.1, 0.15) is 0 Å². The van der Waals surface area contributed by atoms with E-state index in [4.69, 9.17) is 0 Å². The average molecular weight is 271 g/mol. The fourth-order valence-electron chi connectivity index (χ4n) is 2.52. The molecule has 0 bridgehead atoms. The smallest absolute Gasteiger partial charge is 0.193 e. The van der Waals surface area contributed by atoms with Crippen molar-refractivity contribution in [2.45, 2.75) is 19.4 Å². The number of carbonyl (C=O) groups is 1. The first-order valence-electron chi connectivity index (χ1n) is 6.71. The standard InChI is InChI=1S/C16H17NOS/c18-16(15-7-10-19-12-15)14-5-3-13(4-6-14)11-17-8-1-2-9-17/h3-7,10,12H,1-2,8-9,11H2. The molecule has 0 aliphatic carbocycles. The molecule has 2 nitrogen and oxygen atoms in total. The molecule has 0 saturated carbocycles. The first-order chi connectivity index (χ1) is 9.33. The predicted molar refractivity (Wildman–Crippen MR) is 78.7 cm³/mol. The Morgan fingerprint density at radius 3 is 2.42 bits per heavy atom. The maximum atomic E-state index is 12.2. The summed E-state index contributed by atoms with van der Waals surface area (Å²) in [5.41, 5.74) is 2.87. The quantitative estimate of drug-likeness (QED) is 0.792. The average Bonchev–Trinajstić information content (AvgIpc) is 3.12. The van der Waals surface area contributed by atoms with E-state index in [0.717, 1.165) is 17.7 Å². The Bertz CT molecular complexity index is 539. The molecule has 3 heteroatoms. The first kappa shape index (κ1) is 12.6. The molecule has 2 heterocycles. The van der Waals surface area contributed by atoms with E-state index in [2.05, 4.69) is 17.0 Å². The second-order valence-electron chi connectivity index (χ2n) is 5.02. The number of likely N-dealkylation sites (tertiary alicyclic amines) is 1. The maximum absolute atomic E-state index is 12.2. The minimum atomic E-state index is 0.119. The lowest BCUT2D eigenvalue weighted by atomic mass is 10.0. The van der Waals surface area contributed by atoms with Crippen molar-refractivity contribution < 1.29 is 4.79 Å². The van der Waals surface area contributed by atoms with Gasteiger partial charge in [-0.25, -0.2) is 0 Å². The van der Waals surface area contributed by atoms with Crippen molar-refractivity contribution in [1.82, 2.24) is 4.90 Å². The Morgan fingerprint density at radius 1 is 1.05 bits per heavy atom. The molecule has 1 fully saturated rings. The van der Waals surface area contributed by atoms with Gasteiger partial charge in [-0.3, -0.25) is 9.69 Å². The van der Waals surface area contributed by atoms with Crippen LogP contribution in [0.25, 0.3) is 0 Å². The molecule has 1 aromatic carbocycles. The van der Waals surface area contributed by atoms with Gasteiger partial charge >= 0.3 is 0 Å². The Kier molecular flexibility index (Phi) is 3.76. The first-order valence-corrected chi connectivity index (χ1v) is 7.65. The molecule has 0 unspecified atom stereocenters. The zero-order valence-corrected chi connectivity index (χ0v) is 11.7. The topological polar surface area (TPSA) is 20.3 Å². The number of benzene rings is 1. The van der Waals surface area contributed by atoms with E-state index in [9.17, 15) is 4.79 Å². The molecule has 1 aromatic heterocycles. The highest BCUT2D eigenvalue weighted by Crippen LogP contribution is 2.16. The van der Waals surface area contributed by atoms with Crippen LogP contribution in [0.2, 0.25) is 0 Å². The van der Waals surface area contributed by atoms with E-state index in [1.165, 1.54) is 31.5 Å². The van der Waals surface area contributed by atoms with E-state index in [1.54, 1.807) is 11.3 Å². The van der Waals surface area contributed by atoms with Gasteiger partial charge in [-0.15, -0.1) is 0 Å². The Balaban J connectivity index is 1.70. The van der Waals surface area contributed by atoms with Crippen LogP contribution >= 0.6 is 11.3 Å². The fraction of sp³-hybridized carbons (Fsp3) is 0.312. The molecular formula is C16H17NOS. The largest absolute Gasteiger partial charge is 0.299 e. The van der Waals surface area contributed by atoms with Crippen LogP contribution in [0.3, 0.4) is 0 Å². The SMILES string of the molecule is O=C(c1ccc(CN2CCCC2)cc1)c1ccsc1. The normalized spacial score (nSPS) is 15.8. The van der Waals surface area contributed by atoms with Crippen molar-refractivity contribution >= 4 is 17.1 Å². The number of nitrogens with zero attached hydrogens (tertiary/aromatic N) is 1. The lowest BCUT2D eigenvalue weighted by Crippen LogP contribution is -2.18. The molecule has 3 rings (SSSR count). The lowest BCUT2D eigenvalue weighted by Gasteiger charge is -2.14. The zero-order valence-electron chi connectivity index (χ0n) is 10.8. The van der Waals surface area contributed by atoms with Gasteiger partial charge in [-0.05, 0) is 42.9 Å². The highest BCUT2D eigenvalue weighted by Gasteiger charge is 2.13. The van der Waals surface area contributed by atoms with Crippen LogP contribution in [0.15, 0.2) is 41.1 Å². The summed E-state index contributed by atoms with van der Waals surface area (Å²) in [6.07, 6.45) is 2.63. The van der Waals surface area contributed by atoms with Crippen LogP contribution in [0, 0.1) is 0 Å². The highest BCUT2D eigenvalue weighted by molar-refractivity contribution is 7.08. The molecule has 19 heavy (non-hydrogen) atoms. The predicted octanol–water partition coefficient (Wildman–Crippen LogP) is 3.57. The second-order valence-corrected chi connectivity index (χ2v) is 5.80. The Labute approximate surface area is 117 Å². The van der Waals surface area contributed by atoms with Gasteiger partial charge in [0, 0.05) is 23.1 Å². The summed E-state index contributed by atoms with van der Waals surface area (Å²) in [5.74, 6) is 0.119. The van der Waals surface area contributed by atoms with Gasteiger partial charge in [0.05, 0.1) is 0 Å². The minimum absolute atomic E-state index is 0.119. The number of hydrogen-bond acceptors (Lipinski definition) is 3. The molecule has 0 radical (unpaired) electrons. The molecule has 0 amide bonds. The highest BCUT2D eigenvalue weighted by atomic mass is 32.1. The molecular weight excluding hydrogens is 254 g/mol. The van der Waals surface area contributed by atoms with Gasteiger partial charge in [-0.2, -0.15) is 11.3 Å². The van der Waals surface area contributed by atoms with Crippen LogP contribution in [0.1, 0.15) is 34.3 Å². The molecule has 1 saturated heterocycles. The third kappa shape index (κ3) is 2.94. The molecule has 1 aliphatic rings. The number of rotatable bonds is 4. The maximum Gasteiger partial charge on any atom is 0.193 e. The van der Waals surface area contributed by atoms with Crippen LogP contribution in [-0.2, 0) is 6.54 Å². The molecule has 1 aliphatic heterocycles. The van der Waals surface area contributed by atoms with Crippen LogP contribution in [0.4, 0.5) is 0 Å². The van der Waals surface area contributed by atoms with Crippen molar-refractivity contribution in [2.24, 2.45) is 0 Å². The van der Waals surface area contributed by atoms with Crippen molar-refractivity contribution in [2.75, 3.05) is 13.1 Å². The third-order valence-corrected chi connectivity index (χ3v) is 4.29. The van der Waals surface area contributed by atoms with E-state index >= 15 is 0 Å². The molecule has 0 N–H and O–H groups in total. The van der Waals surface area contributed by atoms with Gasteiger partial charge in [-0.1, -0.05) is 24.3 Å². The summed E-state index contributed by atoms with van der Waals surface area (Å²) in [6, 6.07) is 9.94. The van der Waals surface area contributed by atoms with Crippen molar-refractivity contribution in [3.8, 4) is 0 Å². The summed E-state index contributed by atoms with van der Waals surface area (Å²) in [7, 11) is 0. The summed E-state index contributed by atoms with van der Waals surface area (Å²) in [5, 5.41) is 3.84. The molecule has 0 atom stereocenters. The monoisotopic (exact) mass is 271 g/mol. The van der Waals surface area contributed by atoms with E-state index in [1.807, 2.05) is 29.0 Å². The number of hydrogen-bond donors (Lipinski definition) is 0. The van der Waals surface area contributed by atoms with Crippen LogP contribution < -0.4 is 0 Å². The number of ketones is 1. The third-order valence-electron chi connectivity index (χ3n) is 3.60. The molecule has 0 spiro atoms. The van der Waals surface area contributed by atoms with Gasteiger partial charge in [0.25, 0.3) is 0 Å². The Hall–Kier alpha value is -1.45. The second kappa shape index (κ2) is 5.68. The molecule has 2 aromatic rings. The summed E-state index contributed by atoms with van der Waals surface area (Å²) < 4.78 is 0. The van der Waals surface area contributed by atoms with Crippen LogP contribution in [0.5, 0.6) is 0 Å². The minimum Gasteiger partial charge on any atom is -0.299 e. The zero-order chi connectivity index (χ0) is 13.1. The van der Waals surface area contributed by atoms with E-state index < -0.39 is 0 Å². The van der Waals surface area contributed by atoms with E-state index in [0.29, 0.717) is 0 Å².